The van der Waals surface area contributed by atoms with E-state index < -0.39 is 11.8 Å². The summed E-state index contributed by atoms with van der Waals surface area (Å²) in [7, 11) is 1.19. The molecule has 1 aromatic carbocycles. The molecule has 5 atom stereocenters. The number of fused-ring (bicyclic) bond motifs is 1. The van der Waals surface area contributed by atoms with Gasteiger partial charge in [-0.15, -0.1) is 0 Å². The number of hydrogen-bond acceptors (Lipinski definition) is 7. The van der Waals surface area contributed by atoms with E-state index in [1.165, 1.54) is 13.5 Å². The van der Waals surface area contributed by atoms with Gasteiger partial charge in [0.2, 0.25) is 5.79 Å². The highest BCUT2D eigenvalue weighted by Gasteiger charge is 2.67. The van der Waals surface area contributed by atoms with Crippen LogP contribution in [0.15, 0.2) is 12.1 Å². The van der Waals surface area contributed by atoms with Gasteiger partial charge in [-0.2, -0.15) is 0 Å². The molecule has 0 spiro atoms. The molecule has 0 amide bonds. The van der Waals surface area contributed by atoms with Crippen LogP contribution in [0.4, 0.5) is 0 Å². The number of ether oxygens (including phenoxy) is 3. The predicted octanol–water partition coefficient (Wildman–Crippen LogP) is 3.75. The van der Waals surface area contributed by atoms with Crippen molar-refractivity contribution >= 4 is 13.1 Å². The Morgan fingerprint density at radius 1 is 1.19 bits per heavy atom. The molecule has 3 saturated carbocycles. The van der Waals surface area contributed by atoms with Crippen LogP contribution in [0.25, 0.3) is 0 Å². The molecule has 7 nitrogen and oxygen atoms in total. The Bertz CT molecular complexity index is 949. The van der Waals surface area contributed by atoms with Gasteiger partial charge in [0.1, 0.15) is 17.1 Å². The molecular weight excluding hydrogens is 409 g/mol. The second-order valence-corrected chi connectivity index (χ2v) is 11.0. The molecular formula is C24H34BNO6. The summed E-state index contributed by atoms with van der Waals surface area (Å²) in [6, 6.07) is 3.70. The summed E-state index contributed by atoms with van der Waals surface area (Å²) in [5.41, 5.74) is 7.43. The fourth-order valence-corrected chi connectivity index (χ4v) is 6.55. The first-order valence-electron chi connectivity index (χ1n) is 11.7. The van der Waals surface area contributed by atoms with Crippen LogP contribution in [0.3, 0.4) is 0 Å². The lowest BCUT2D eigenvalue weighted by Gasteiger charge is -2.64. The average Bonchev–Trinajstić information content (AvgIpc) is 3.05. The number of carbonyl (C=O) groups excluding carboxylic acids is 1. The van der Waals surface area contributed by atoms with Crippen LogP contribution in [-0.4, -0.2) is 44.2 Å². The van der Waals surface area contributed by atoms with E-state index in [1.54, 1.807) is 19.9 Å². The van der Waals surface area contributed by atoms with Gasteiger partial charge < -0.3 is 29.3 Å². The molecule has 174 valence electrons. The first kappa shape index (κ1) is 22.0. The molecule has 2 N–H and O–H groups in total. The minimum Gasteiger partial charge on any atom is -0.496 e. The van der Waals surface area contributed by atoms with Gasteiger partial charge in [-0.3, -0.25) is 0 Å². The summed E-state index contributed by atoms with van der Waals surface area (Å²) < 4.78 is 30.0. The van der Waals surface area contributed by atoms with Crippen LogP contribution >= 0.6 is 0 Å². The average molecular weight is 443 g/mol. The number of carbonyl (C=O) groups is 1. The second-order valence-electron chi connectivity index (χ2n) is 11.0. The number of esters is 1. The van der Waals surface area contributed by atoms with Crippen molar-refractivity contribution in [3.8, 4) is 11.5 Å². The van der Waals surface area contributed by atoms with Gasteiger partial charge in [0.05, 0.1) is 18.8 Å². The first-order valence-corrected chi connectivity index (χ1v) is 11.7. The van der Waals surface area contributed by atoms with E-state index in [0.29, 0.717) is 47.2 Å². The smallest absolute Gasteiger partial charge is 0.458 e. The molecule has 0 aromatic heterocycles. The number of cyclic esters (lactones) is 1. The zero-order valence-corrected chi connectivity index (χ0v) is 19.9. The van der Waals surface area contributed by atoms with Crippen molar-refractivity contribution in [1.29, 1.82) is 0 Å². The number of benzene rings is 1. The van der Waals surface area contributed by atoms with Gasteiger partial charge >= 0.3 is 13.1 Å². The minimum atomic E-state index is -1.07. The van der Waals surface area contributed by atoms with Crippen molar-refractivity contribution in [2.45, 2.75) is 77.2 Å². The highest BCUT2D eigenvalue weighted by molar-refractivity contribution is 6.45. The van der Waals surface area contributed by atoms with Crippen LogP contribution in [0.2, 0.25) is 6.32 Å². The molecule has 2 bridgehead atoms. The van der Waals surface area contributed by atoms with Crippen molar-refractivity contribution in [3.63, 3.8) is 0 Å². The zero-order chi connectivity index (χ0) is 23.1. The second kappa shape index (κ2) is 7.11. The van der Waals surface area contributed by atoms with E-state index in [4.69, 9.17) is 29.3 Å². The molecule has 5 unspecified atom stereocenters. The third kappa shape index (κ3) is 3.10. The Morgan fingerprint density at radius 3 is 2.59 bits per heavy atom. The third-order valence-corrected chi connectivity index (χ3v) is 8.46. The van der Waals surface area contributed by atoms with Crippen molar-refractivity contribution in [3.05, 3.63) is 23.3 Å². The van der Waals surface area contributed by atoms with Crippen LogP contribution in [0, 0.1) is 17.3 Å². The molecule has 2 aliphatic heterocycles. The summed E-state index contributed by atoms with van der Waals surface area (Å²) in [5, 5.41) is 0. The van der Waals surface area contributed by atoms with E-state index in [9.17, 15) is 4.79 Å². The van der Waals surface area contributed by atoms with E-state index in [0.717, 1.165) is 12.0 Å². The molecule has 3 aliphatic carbocycles. The Kier molecular flexibility index (Phi) is 4.90. The topological polar surface area (TPSA) is 89.2 Å². The van der Waals surface area contributed by atoms with Crippen LogP contribution in [-0.2, 0) is 14.0 Å². The largest absolute Gasteiger partial charge is 0.496 e. The number of nitrogens with two attached hydrogens (primary N) is 1. The lowest BCUT2D eigenvalue weighted by Crippen LogP contribution is -2.65. The minimum absolute atomic E-state index is 0.104. The molecule has 4 fully saturated rings. The van der Waals surface area contributed by atoms with Crippen molar-refractivity contribution in [2.75, 3.05) is 13.7 Å². The maximum atomic E-state index is 12.7. The summed E-state index contributed by atoms with van der Waals surface area (Å²) in [5.74, 6) is 0.480. The van der Waals surface area contributed by atoms with E-state index in [1.807, 2.05) is 6.07 Å². The standard InChI is InChI=1S/C24H34BNO6/c1-22(2)14-9-17(22)24(5)18(10-14)31-25(32-24)11-13(12-26)15-7-8-16(28-6)19-20(15)29-23(3,4)30-21(19)27/h7-8,13-14,17-18H,9-12,26H2,1-6H3. The molecule has 0 radical (unpaired) electrons. The quantitative estimate of drug-likeness (QED) is 0.548. The van der Waals surface area contributed by atoms with Crippen molar-refractivity contribution in [2.24, 2.45) is 23.0 Å². The lowest BCUT2D eigenvalue weighted by molar-refractivity contribution is -0.199. The normalized spacial score (nSPS) is 34.5. The van der Waals surface area contributed by atoms with Gasteiger partial charge in [0.25, 0.3) is 0 Å². The number of methoxy groups -OCH3 is 1. The summed E-state index contributed by atoms with van der Waals surface area (Å²) in [6.07, 6.45) is 2.98. The molecule has 32 heavy (non-hydrogen) atoms. The first-order chi connectivity index (χ1) is 15.0. The van der Waals surface area contributed by atoms with E-state index in [2.05, 4.69) is 20.8 Å². The van der Waals surface area contributed by atoms with Gasteiger partial charge in [0, 0.05) is 13.8 Å². The van der Waals surface area contributed by atoms with Crippen molar-refractivity contribution in [1.82, 2.24) is 0 Å². The maximum Gasteiger partial charge on any atom is 0.458 e. The highest BCUT2D eigenvalue weighted by Crippen LogP contribution is 2.66. The molecule has 5 aliphatic rings. The number of hydrogen-bond donors (Lipinski definition) is 1. The predicted molar refractivity (Wildman–Crippen MR) is 120 cm³/mol. The SMILES string of the molecule is COc1ccc(C(CN)CB2OC3CC4CC(C4(C)C)C3(C)O2)c2c1C(=O)OC(C)(C)O2. The molecule has 8 heteroatoms. The lowest BCUT2D eigenvalue weighted by atomic mass is 9.43. The van der Waals surface area contributed by atoms with Crippen LogP contribution in [0.5, 0.6) is 11.5 Å². The Balaban J connectivity index is 1.42. The van der Waals surface area contributed by atoms with Crippen LogP contribution in [0.1, 0.15) is 69.3 Å². The molecule has 1 saturated heterocycles. The zero-order valence-electron chi connectivity index (χ0n) is 19.9. The fraction of sp³-hybridized carbons (Fsp3) is 0.708. The molecule has 2 heterocycles. The number of rotatable bonds is 5. The van der Waals surface area contributed by atoms with Gasteiger partial charge in [-0.1, -0.05) is 19.9 Å². The maximum absolute atomic E-state index is 12.7. The van der Waals surface area contributed by atoms with Gasteiger partial charge in [-0.25, -0.2) is 4.79 Å². The summed E-state index contributed by atoms with van der Waals surface area (Å²) >= 11 is 0. The van der Waals surface area contributed by atoms with Gasteiger partial charge in [-0.05, 0) is 67.4 Å². The monoisotopic (exact) mass is 443 g/mol. The summed E-state index contributed by atoms with van der Waals surface area (Å²) in [4.78, 5) is 12.7. The third-order valence-electron chi connectivity index (χ3n) is 8.46. The van der Waals surface area contributed by atoms with Crippen molar-refractivity contribution < 1.29 is 28.3 Å². The Labute approximate surface area is 190 Å². The Hall–Kier alpha value is -1.77. The summed E-state index contributed by atoms with van der Waals surface area (Å²) in [6.45, 7) is 10.7. The highest BCUT2D eigenvalue weighted by atomic mass is 16.7. The fourth-order valence-electron chi connectivity index (χ4n) is 6.55. The Morgan fingerprint density at radius 2 is 1.94 bits per heavy atom. The van der Waals surface area contributed by atoms with Crippen LogP contribution < -0.4 is 15.2 Å². The van der Waals surface area contributed by atoms with E-state index in [-0.39, 0.29) is 24.7 Å². The molecule has 1 aromatic rings. The van der Waals surface area contributed by atoms with E-state index >= 15 is 0 Å². The molecule has 6 rings (SSSR count). The van der Waals surface area contributed by atoms with Gasteiger partial charge in [0.15, 0.2) is 0 Å².